The maximum atomic E-state index is 12.9. The summed E-state index contributed by atoms with van der Waals surface area (Å²) in [7, 11) is 0. The van der Waals surface area contributed by atoms with Gasteiger partial charge in [-0.25, -0.2) is 0 Å². The fourth-order valence-corrected chi connectivity index (χ4v) is 3.28. The van der Waals surface area contributed by atoms with Crippen LogP contribution in [0.3, 0.4) is 0 Å². The molecule has 0 bridgehead atoms. The van der Waals surface area contributed by atoms with Gasteiger partial charge in [-0.3, -0.25) is 9.79 Å². The van der Waals surface area contributed by atoms with Crippen molar-refractivity contribution in [1.82, 2.24) is 10.2 Å². The van der Waals surface area contributed by atoms with E-state index in [4.69, 9.17) is 4.74 Å². The lowest BCUT2D eigenvalue weighted by molar-refractivity contribution is -0.137. The van der Waals surface area contributed by atoms with Crippen LogP contribution in [0.1, 0.15) is 15.9 Å². The first kappa shape index (κ1) is 19.0. The smallest absolute Gasteiger partial charge is 0.416 e. The molecule has 0 aromatic heterocycles. The van der Waals surface area contributed by atoms with E-state index in [1.54, 1.807) is 41.6 Å². The van der Waals surface area contributed by atoms with Crippen LogP contribution in [-0.4, -0.2) is 42.9 Å². The Kier molecular flexibility index (Phi) is 5.00. The molecule has 0 aliphatic carbocycles. The van der Waals surface area contributed by atoms with Crippen LogP contribution >= 0.6 is 0 Å². The van der Waals surface area contributed by atoms with Gasteiger partial charge in [-0.2, -0.15) is 13.2 Å². The van der Waals surface area contributed by atoms with Gasteiger partial charge < -0.3 is 15.0 Å². The fourth-order valence-electron chi connectivity index (χ4n) is 3.28. The summed E-state index contributed by atoms with van der Waals surface area (Å²) in [4.78, 5) is 18.9. The number of allylic oxidation sites excluding steroid dienone is 1. The lowest BCUT2D eigenvalue weighted by atomic mass is 10.0. The normalized spacial score (nSPS) is 18.7. The molecular weight excluding hydrogens is 383 g/mol. The van der Waals surface area contributed by atoms with E-state index in [0.29, 0.717) is 42.1 Å². The van der Waals surface area contributed by atoms with Gasteiger partial charge in [0, 0.05) is 6.21 Å². The number of carbonyl (C=O) groups excluding carboxylic acids is 1. The summed E-state index contributed by atoms with van der Waals surface area (Å²) in [6.07, 6.45) is 0.655. The van der Waals surface area contributed by atoms with E-state index in [9.17, 15) is 18.0 Å². The molecule has 2 heterocycles. The molecule has 0 radical (unpaired) electrons. The van der Waals surface area contributed by atoms with Crippen molar-refractivity contribution in [3.8, 4) is 16.9 Å². The van der Waals surface area contributed by atoms with Gasteiger partial charge in [-0.05, 0) is 47.7 Å². The third-order valence-corrected chi connectivity index (χ3v) is 4.79. The van der Waals surface area contributed by atoms with Crippen molar-refractivity contribution in [2.24, 2.45) is 4.99 Å². The van der Waals surface area contributed by atoms with E-state index in [-0.39, 0.29) is 12.1 Å². The first-order valence-electron chi connectivity index (χ1n) is 9.10. The second-order valence-corrected chi connectivity index (χ2v) is 6.73. The lowest BCUT2D eigenvalue weighted by Gasteiger charge is -2.25. The predicted molar refractivity (Wildman–Crippen MR) is 103 cm³/mol. The van der Waals surface area contributed by atoms with Crippen LogP contribution in [0, 0.1) is 0 Å². The number of hydrogen-bond acceptors (Lipinski definition) is 4. The number of ether oxygens (including phenoxy) is 1. The Morgan fingerprint density at radius 1 is 1.14 bits per heavy atom. The quantitative estimate of drug-likeness (QED) is 0.853. The molecule has 0 saturated heterocycles. The molecule has 1 atom stereocenters. The number of halogens is 3. The van der Waals surface area contributed by atoms with E-state index in [1.807, 2.05) is 0 Å². The van der Waals surface area contributed by atoms with E-state index in [2.05, 4.69) is 10.3 Å². The SMILES string of the molecule is O=C1c2ccc(-c3ccc(C(F)(F)F)cc3)cc2OCCN1CC1N=CC=CN1. The Hall–Kier alpha value is -3.29. The number of nitrogens with zero attached hydrogens (tertiary/aromatic N) is 2. The standard InChI is InChI=1S/C21H18F3N3O2/c22-21(23,24)16-5-2-14(3-6-16)15-4-7-17-18(12-15)29-11-10-27(20(17)28)13-19-25-8-1-9-26-19/h1-9,12,19,25H,10-11,13H2. The predicted octanol–water partition coefficient (Wildman–Crippen LogP) is 3.72. The van der Waals surface area contributed by atoms with Crippen LogP contribution in [0.2, 0.25) is 0 Å². The number of nitrogens with one attached hydrogen (secondary N) is 1. The van der Waals surface area contributed by atoms with Crippen molar-refractivity contribution < 1.29 is 22.7 Å². The van der Waals surface area contributed by atoms with Gasteiger partial charge in [-0.1, -0.05) is 18.2 Å². The molecule has 150 valence electrons. The van der Waals surface area contributed by atoms with Crippen molar-refractivity contribution in [2.75, 3.05) is 19.7 Å². The minimum Gasteiger partial charge on any atom is -0.491 e. The summed E-state index contributed by atoms with van der Waals surface area (Å²) >= 11 is 0. The number of benzene rings is 2. The summed E-state index contributed by atoms with van der Waals surface area (Å²) in [6.45, 7) is 1.14. The zero-order valence-corrected chi connectivity index (χ0v) is 15.3. The summed E-state index contributed by atoms with van der Waals surface area (Å²) < 4.78 is 44.0. The highest BCUT2D eigenvalue weighted by molar-refractivity contribution is 5.98. The Morgan fingerprint density at radius 3 is 2.59 bits per heavy atom. The Labute approximate surface area is 165 Å². The molecular formula is C21H18F3N3O2. The molecule has 4 rings (SSSR count). The van der Waals surface area contributed by atoms with Crippen LogP contribution in [0.5, 0.6) is 5.75 Å². The zero-order valence-electron chi connectivity index (χ0n) is 15.3. The van der Waals surface area contributed by atoms with Crippen molar-refractivity contribution in [2.45, 2.75) is 12.3 Å². The molecule has 2 aliphatic heterocycles. The van der Waals surface area contributed by atoms with E-state index in [0.717, 1.165) is 12.1 Å². The maximum absolute atomic E-state index is 12.9. The molecule has 5 nitrogen and oxygen atoms in total. The molecule has 0 saturated carbocycles. The maximum Gasteiger partial charge on any atom is 0.416 e. The first-order chi connectivity index (χ1) is 13.9. The molecule has 1 N–H and O–H groups in total. The molecule has 1 amide bonds. The highest BCUT2D eigenvalue weighted by Crippen LogP contribution is 2.33. The van der Waals surface area contributed by atoms with E-state index >= 15 is 0 Å². The largest absolute Gasteiger partial charge is 0.491 e. The first-order valence-corrected chi connectivity index (χ1v) is 9.10. The summed E-state index contributed by atoms with van der Waals surface area (Å²) in [6, 6.07) is 9.97. The minimum atomic E-state index is -4.38. The van der Waals surface area contributed by atoms with Crippen molar-refractivity contribution in [3.05, 3.63) is 65.9 Å². The molecule has 2 aromatic rings. The van der Waals surface area contributed by atoms with Crippen LogP contribution in [0.4, 0.5) is 13.2 Å². The van der Waals surface area contributed by atoms with Crippen molar-refractivity contribution in [1.29, 1.82) is 0 Å². The monoisotopic (exact) mass is 401 g/mol. The average Bonchev–Trinajstić information content (AvgIpc) is 2.87. The number of aliphatic imine (C=N–C) groups is 1. The number of alkyl halides is 3. The van der Waals surface area contributed by atoms with Gasteiger partial charge in [0.2, 0.25) is 0 Å². The second-order valence-electron chi connectivity index (χ2n) is 6.73. The van der Waals surface area contributed by atoms with Gasteiger partial charge in [-0.15, -0.1) is 0 Å². The van der Waals surface area contributed by atoms with Crippen LogP contribution in [0.15, 0.2) is 59.7 Å². The Morgan fingerprint density at radius 2 is 1.90 bits per heavy atom. The highest BCUT2D eigenvalue weighted by atomic mass is 19.4. The van der Waals surface area contributed by atoms with Gasteiger partial charge in [0.25, 0.3) is 5.91 Å². The number of hydrogen-bond donors (Lipinski definition) is 1. The molecule has 2 aromatic carbocycles. The molecule has 29 heavy (non-hydrogen) atoms. The molecule has 0 fully saturated rings. The fraction of sp³-hybridized carbons (Fsp3) is 0.238. The van der Waals surface area contributed by atoms with Gasteiger partial charge in [0.1, 0.15) is 18.5 Å². The highest BCUT2D eigenvalue weighted by Gasteiger charge is 2.30. The molecule has 0 spiro atoms. The lowest BCUT2D eigenvalue weighted by Crippen LogP contribution is -2.42. The van der Waals surface area contributed by atoms with Crippen molar-refractivity contribution in [3.63, 3.8) is 0 Å². The van der Waals surface area contributed by atoms with E-state index < -0.39 is 11.7 Å². The molecule has 2 aliphatic rings. The second kappa shape index (κ2) is 7.62. The summed E-state index contributed by atoms with van der Waals surface area (Å²) in [5.41, 5.74) is 1.02. The Bertz CT molecular complexity index is 968. The number of rotatable bonds is 3. The van der Waals surface area contributed by atoms with Gasteiger partial charge in [0.05, 0.1) is 24.2 Å². The number of amides is 1. The third kappa shape index (κ3) is 4.11. The third-order valence-electron chi connectivity index (χ3n) is 4.79. The minimum absolute atomic E-state index is 0.164. The van der Waals surface area contributed by atoms with Crippen LogP contribution in [-0.2, 0) is 6.18 Å². The number of carbonyl (C=O) groups is 1. The summed E-state index contributed by atoms with van der Waals surface area (Å²) in [5, 5.41) is 3.08. The van der Waals surface area contributed by atoms with E-state index in [1.165, 1.54) is 12.1 Å². The van der Waals surface area contributed by atoms with Gasteiger partial charge in [0.15, 0.2) is 0 Å². The topological polar surface area (TPSA) is 53.9 Å². The zero-order chi connectivity index (χ0) is 20.4. The molecule has 1 unspecified atom stereocenters. The number of fused-ring (bicyclic) bond motifs is 1. The summed E-state index contributed by atoms with van der Waals surface area (Å²) in [5.74, 6) is 0.262. The average molecular weight is 401 g/mol. The van der Waals surface area contributed by atoms with Crippen LogP contribution in [0.25, 0.3) is 11.1 Å². The van der Waals surface area contributed by atoms with Crippen LogP contribution < -0.4 is 10.1 Å². The molecule has 8 heteroatoms. The Balaban J connectivity index is 1.56. The van der Waals surface area contributed by atoms with Crippen molar-refractivity contribution >= 4 is 12.1 Å². The van der Waals surface area contributed by atoms with Gasteiger partial charge >= 0.3 is 6.18 Å².